The van der Waals surface area contributed by atoms with Gasteiger partial charge in [0.05, 0.1) is 0 Å². The first kappa shape index (κ1) is 11.6. The van der Waals surface area contributed by atoms with Crippen molar-refractivity contribution in [2.75, 3.05) is 11.4 Å². The molecule has 0 spiro atoms. The van der Waals surface area contributed by atoms with Gasteiger partial charge in [-0.05, 0) is 25.5 Å². The Morgan fingerprint density at radius 3 is 2.40 bits per heavy atom. The number of carbonyl (C=O) groups is 1. The number of nitrogens with zero attached hydrogens (tertiary/aromatic N) is 1. The van der Waals surface area contributed by atoms with Crippen LogP contribution in [0.5, 0.6) is 0 Å². The van der Waals surface area contributed by atoms with Gasteiger partial charge in [-0.15, -0.1) is 0 Å². The van der Waals surface area contributed by atoms with Gasteiger partial charge in [-0.2, -0.15) is 0 Å². The molecule has 0 saturated carbocycles. The first-order valence-electron chi connectivity index (χ1n) is 5.22. The molecule has 0 aliphatic heterocycles. The van der Waals surface area contributed by atoms with Gasteiger partial charge >= 0.3 is 6.09 Å². The summed E-state index contributed by atoms with van der Waals surface area (Å²) in [5.41, 5.74) is 1.89. The van der Waals surface area contributed by atoms with Gasteiger partial charge in [0, 0.05) is 12.2 Å². The van der Waals surface area contributed by atoms with Crippen molar-refractivity contribution in [3.05, 3.63) is 29.8 Å². The Labute approximate surface area is 90.3 Å². The van der Waals surface area contributed by atoms with Gasteiger partial charge in [0.1, 0.15) is 0 Å². The molecule has 3 nitrogen and oxygen atoms in total. The lowest BCUT2D eigenvalue weighted by Gasteiger charge is -2.18. The number of carboxylic acid groups (broad SMARTS) is 1. The van der Waals surface area contributed by atoms with E-state index in [1.54, 1.807) is 0 Å². The summed E-state index contributed by atoms with van der Waals surface area (Å²) in [7, 11) is 0. The van der Waals surface area contributed by atoms with Gasteiger partial charge in [-0.3, -0.25) is 4.90 Å². The van der Waals surface area contributed by atoms with Gasteiger partial charge in [-0.1, -0.05) is 31.0 Å². The highest BCUT2D eigenvalue weighted by Gasteiger charge is 2.12. The largest absolute Gasteiger partial charge is 0.465 e. The predicted octanol–water partition coefficient (Wildman–Crippen LogP) is 3.28. The monoisotopic (exact) mass is 207 g/mol. The van der Waals surface area contributed by atoms with Gasteiger partial charge in [0.2, 0.25) is 0 Å². The quantitative estimate of drug-likeness (QED) is 0.823. The lowest BCUT2D eigenvalue weighted by molar-refractivity contribution is 0.201. The molecule has 1 aromatic carbocycles. The number of unbranched alkanes of at least 4 members (excludes halogenated alkanes) is 1. The summed E-state index contributed by atoms with van der Waals surface area (Å²) < 4.78 is 0. The fraction of sp³-hybridized carbons (Fsp3) is 0.417. The molecule has 0 heterocycles. The van der Waals surface area contributed by atoms with Gasteiger partial charge in [0.25, 0.3) is 0 Å². The minimum absolute atomic E-state index is 0.564. The van der Waals surface area contributed by atoms with E-state index >= 15 is 0 Å². The van der Waals surface area contributed by atoms with Gasteiger partial charge in [0.15, 0.2) is 0 Å². The maximum absolute atomic E-state index is 11.0. The van der Waals surface area contributed by atoms with Crippen LogP contribution in [0.2, 0.25) is 0 Å². The number of anilines is 1. The third kappa shape index (κ3) is 3.27. The zero-order valence-corrected chi connectivity index (χ0v) is 9.23. The first-order chi connectivity index (χ1) is 7.15. The number of hydrogen-bond acceptors (Lipinski definition) is 1. The Balaban J connectivity index is 2.79. The molecule has 1 N–H and O–H groups in total. The van der Waals surface area contributed by atoms with E-state index in [-0.39, 0.29) is 0 Å². The van der Waals surface area contributed by atoms with Crippen molar-refractivity contribution in [1.29, 1.82) is 0 Å². The topological polar surface area (TPSA) is 40.5 Å². The van der Waals surface area contributed by atoms with E-state index in [0.717, 1.165) is 24.1 Å². The molecule has 82 valence electrons. The average Bonchev–Trinajstić information content (AvgIpc) is 2.21. The van der Waals surface area contributed by atoms with Crippen LogP contribution >= 0.6 is 0 Å². The maximum Gasteiger partial charge on any atom is 0.411 e. The summed E-state index contributed by atoms with van der Waals surface area (Å²) in [4.78, 5) is 12.4. The van der Waals surface area contributed by atoms with E-state index < -0.39 is 6.09 Å². The van der Waals surface area contributed by atoms with E-state index in [1.165, 1.54) is 4.90 Å². The van der Waals surface area contributed by atoms with Crippen molar-refractivity contribution in [3.63, 3.8) is 0 Å². The van der Waals surface area contributed by atoms with Crippen LogP contribution in [0.25, 0.3) is 0 Å². The van der Waals surface area contributed by atoms with Crippen molar-refractivity contribution < 1.29 is 9.90 Å². The summed E-state index contributed by atoms with van der Waals surface area (Å²) in [6.07, 6.45) is 1.00. The van der Waals surface area contributed by atoms with E-state index in [2.05, 4.69) is 6.92 Å². The van der Waals surface area contributed by atoms with E-state index in [1.807, 2.05) is 31.2 Å². The molecule has 0 aromatic heterocycles. The van der Waals surface area contributed by atoms with Crippen LogP contribution in [0, 0.1) is 6.92 Å². The molecule has 15 heavy (non-hydrogen) atoms. The van der Waals surface area contributed by atoms with Crippen LogP contribution in [0.3, 0.4) is 0 Å². The molecule has 0 aliphatic rings. The summed E-state index contributed by atoms with van der Waals surface area (Å²) >= 11 is 0. The summed E-state index contributed by atoms with van der Waals surface area (Å²) in [5.74, 6) is 0. The molecule has 1 amide bonds. The molecule has 3 heteroatoms. The molecule has 0 radical (unpaired) electrons. The molecular weight excluding hydrogens is 190 g/mol. The molecule has 1 aromatic rings. The molecule has 0 saturated heterocycles. The summed E-state index contributed by atoms with van der Waals surface area (Å²) in [6.45, 7) is 4.60. The summed E-state index contributed by atoms with van der Waals surface area (Å²) in [5, 5.41) is 9.05. The Bertz CT molecular complexity index is 319. The lowest BCUT2D eigenvalue weighted by atomic mass is 10.2. The van der Waals surface area contributed by atoms with Crippen LogP contribution in [0.15, 0.2) is 24.3 Å². The molecule has 0 aliphatic carbocycles. The molecule has 0 atom stereocenters. The average molecular weight is 207 g/mol. The first-order valence-corrected chi connectivity index (χ1v) is 5.22. The normalized spacial score (nSPS) is 10.0. The highest BCUT2D eigenvalue weighted by molar-refractivity contribution is 5.85. The Morgan fingerprint density at radius 2 is 1.93 bits per heavy atom. The minimum Gasteiger partial charge on any atom is -0.465 e. The van der Waals surface area contributed by atoms with Crippen LogP contribution < -0.4 is 4.90 Å². The van der Waals surface area contributed by atoms with Crippen LogP contribution in [0.1, 0.15) is 25.3 Å². The molecule has 0 fully saturated rings. The van der Waals surface area contributed by atoms with Crippen molar-refractivity contribution in [2.24, 2.45) is 0 Å². The highest BCUT2D eigenvalue weighted by atomic mass is 16.4. The predicted molar refractivity (Wildman–Crippen MR) is 61.5 cm³/mol. The molecular formula is C12H17NO2. The second kappa shape index (κ2) is 5.39. The second-order valence-electron chi connectivity index (χ2n) is 3.62. The number of amides is 1. The minimum atomic E-state index is -0.882. The number of hydrogen-bond donors (Lipinski definition) is 1. The van der Waals surface area contributed by atoms with Crippen molar-refractivity contribution in [2.45, 2.75) is 26.7 Å². The van der Waals surface area contributed by atoms with Crippen LogP contribution in [0.4, 0.5) is 10.5 Å². The Kier molecular flexibility index (Phi) is 4.16. The van der Waals surface area contributed by atoms with Crippen LogP contribution in [-0.2, 0) is 0 Å². The van der Waals surface area contributed by atoms with Crippen molar-refractivity contribution >= 4 is 11.8 Å². The third-order valence-electron chi connectivity index (χ3n) is 2.31. The number of benzene rings is 1. The highest BCUT2D eigenvalue weighted by Crippen LogP contribution is 2.15. The zero-order chi connectivity index (χ0) is 11.3. The molecule has 1 rings (SSSR count). The number of aryl methyl sites for hydroxylation is 1. The van der Waals surface area contributed by atoms with Gasteiger partial charge in [-0.25, -0.2) is 4.79 Å². The van der Waals surface area contributed by atoms with E-state index in [0.29, 0.717) is 6.54 Å². The van der Waals surface area contributed by atoms with Crippen molar-refractivity contribution in [1.82, 2.24) is 0 Å². The fourth-order valence-electron chi connectivity index (χ4n) is 1.38. The van der Waals surface area contributed by atoms with Crippen molar-refractivity contribution in [3.8, 4) is 0 Å². The van der Waals surface area contributed by atoms with E-state index in [4.69, 9.17) is 5.11 Å². The smallest absolute Gasteiger partial charge is 0.411 e. The summed E-state index contributed by atoms with van der Waals surface area (Å²) in [6, 6.07) is 7.55. The van der Waals surface area contributed by atoms with E-state index in [9.17, 15) is 4.79 Å². The fourth-order valence-corrected chi connectivity index (χ4v) is 1.38. The molecule has 0 unspecified atom stereocenters. The maximum atomic E-state index is 11.0. The van der Waals surface area contributed by atoms with Crippen LogP contribution in [-0.4, -0.2) is 17.7 Å². The standard InChI is InChI=1S/C12H17NO2/c1-3-4-9-13(12(14)15)11-7-5-10(2)6-8-11/h5-8H,3-4,9H2,1-2H3,(H,14,15). The van der Waals surface area contributed by atoms with Gasteiger partial charge < -0.3 is 5.11 Å². The third-order valence-corrected chi connectivity index (χ3v) is 2.31. The zero-order valence-electron chi connectivity index (χ0n) is 9.23. The Hall–Kier alpha value is -1.51. The second-order valence-corrected chi connectivity index (χ2v) is 3.62. The lowest BCUT2D eigenvalue weighted by Crippen LogP contribution is -2.30. The Morgan fingerprint density at radius 1 is 1.33 bits per heavy atom. The SMILES string of the molecule is CCCCN(C(=O)O)c1ccc(C)cc1. The molecule has 0 bridgehead atoms. The number of rotatable bonds is 4.